The summed E-state index contributed by atoms with van der Waals surface area (Å²) in [4.78, 5) is 15.4. The molecule has 1 heterocycles. The third kappa shape index (κ3) is 5.62. The molecule has 0 radical (unpaired) electrons. The van der Waals surface area contributed by atoms with Gasteiger partial charge in [0.05, 0.1) is 0 Å². The molecule has 3 nitrogen and oxygen atoms in total. The Morgan fingerprint density at radius 3 is 2.77 bits per heavy atom. The van der Waals surface area contributed by atoms with E-state index < -0.39 is 0 Å². The Kier molecular flexibility index (Phi) is 6.62. The molecule has 22 heavy (non-hydrogen) atoms. The molecule has 0 bridgehead atoms. The molecule has 0 aliphatic carbocycles. The number of hydrogen-bond acceptors (Lipinski definition) is 3. The van der Waals surface area contributed by atoms with E-state index in [9.17, 15) is 4.79 Å². The molecule has 0 atom stereocenters. The molecule has 0 fully saturated rings. The lowest BCUT2D eigenvalue weighted by Gasteiger charge is -2.14. The highest BCUT2D eigenvalue weighted by atomic mass is 32.1. The van der Waals surface area contributed by atoms with E-state index in [4.69, 9.17) is 0 Å². The monoisotopic (exact) mass is 316 g/mol. The number of carbonyl (C=O) groups is 1. The van der Waals surface area contributed by atoms with Gasteiger partial charge in [-0.15, -0.1) is 11.3 Å². The summed E-state index contributed by atoms with van der Waals surface area (Å²) in [5.41, 5.74) is 2.45. The highest BCUT2D eigenvalue weighted by molar-refractivity contribution is 7.09. The first-order chi connectivity index (χ1) is 10.7. The molecule has 4 heteroatoms. The number of aryl methyl sites for hydroxylation is 1. The van der Waals surface area contributed by atoms with Crippen LogP contribution in [0.25, 0.3) is 0 Å². The van der Waals surface area contributed by atoms with E-state index in [2.05, 4.69) is 54.5 Å². The molecule has 0 unspecified atom stereocenters. The van der Waals surface area contributed by atoms with Gasteiger partial charge >= 0.3 is 0 Å². The quantitative estimate of drug-likeness (QED) is 0.809. The SMILES string of the molecule is CCN(C)Cc1cccc(CNC(=O)CCc2cccs2)c1. The number of hydrogen-bond donors (Lipinski definition) is 1. The van der Waals surface area contributed by atoms with Crippen molar-refractivity contribution in [2.24, 2.45) is 0 Å². The van der Waals surface area contributed by atoms with Gasteiger partial charge in [0, 0.05) is 24.4 Å². The van der Waals surface area contributed by atoms with Crippen molar-refractivity contribution in [1.82, 2.24) is 10.2 Å². The van der Waals surface area contributed by atoms with Gasteiger partial charge in [-0.25, -0.2) is 0 Å². The topological polar surface area (TPSA) is 32.3 Å². The molecule has 0 saturated heterocycles. The molecule has 1 amide bonds. The van der Waals surface area contributed by atoms with Crippen molar-refractivity contribution in [3.05, 3.63) is 57.8 Å². The molecule has 2 aromatic rings. The van der Waals surface area contributed by atoms with Crippen LogP contribution in [0.1, 0.15) is 29.3 Å². The predicted octanol–water partition coefficient (Wildman–Crippen LogP) is 3.45. The maximum atomic E-state index is 11.9. The second-order valence-corrected chi connectivity index (χ2v) is 6.54. The van der Waals surface area contributed by atoms with E-state index in [1.807, 2.05) is 11.4 Å². The number of nitrogens with zero attached hydrogens (tertiary/aromatic N) is 1. The zero-order chi connectivity index (χ0) is 15.8. The Hall–Kier alpha value is -1.65. The fourth-order valence-electron chi connectivity index (χ4n) is 2.24. The Morgan fingerprint density at radius 1 is 1.23 bits per heavy atom. The minimum Gasteiger partial charge on any atom is -0.352 e. The van der Waals surface area contributed by atoms with E-state index in [0.717, 1.165) is 25.1 Å². The molecule has 0 aliphatic heterocycles. The summed E-state index contributed by atoms with van der Waals surface area (Å²) >= 11 is 1.70. The molecular weight excluding hydrogens is 292 g/mol. The summed E-state index contributed by atoms with van der Waals surface area (Å²) in [5, 5.41) is 5.06. The number of rotatable bonds is 8. The van der Waals surface area contributed by atoms with E-state index in [0.29, 0.717) is 13.0 Å². The normalized spacial score (nSPS) is 10.9. The lowest BCUT2D eigenvalue weighted by atomic mass is 10.1. The number of nitrogens with one attached hydrogen (secondary N) is 1. The average Bonchev–Trinajstić information content (AvgIpc) is 3.04. The number of benzene rings is 1. The highest BCUT2D eigenvalue weighted by Gasteiger charge is 2.04. The minimum absolute atomic E-state index is 0.115. The van der Waals surface area contributed by atoms with Crippen molar-refractivity contribution >= 4 is 17.2 Å². The van der Waals surface area contributed by atoms with Gasteiger partial charge in [0.15, 0.2) is 0 Å². The fourth-order valence-corrected chi connectivity index (χ4v) is 2.95. The number of thiophene rings is 1. The molecule has 1 N–H and O–H groups in total. The Morgan fingerprint density at radius 2 is 2.05 bits per heavy atom. The van der Waals surface area contributed by atoms with Crippen LogP contribution in [0.3, 0.4) is 0 Å². The maximum Gasteiger partial charge on any atom is 0.220 e. The van der Waals surface area contributed by atoms with Crippen LogP contribution >= 0.6 is 11.3 Å². The largest absolute Gasteiger partial charge is 0.352 e. The summed E-state index contributed by atoms with van der Waals surface area (Å²) in [7, 11) is 2.11. The highest BCUT2D eigenvalue weighted by Crippen LogP contribution is 2.11. The van der Waals surface area contributed by atoms with Crippen LogP contribution in [0.15, 0.2) is 41.8 Å². The Balaban J connectivity index is 1.78. The van der Waals surface area contributed by atoms with Crippen LogP contribution in [-0.2, 0) is 24.3 Å². The van der Waals surface area contributed by atoms with Crippen LogP contribution < -0.4 is 5.32 Å². The predicted molar refractivity (Wildman–Crippen MR) is 92.9 cm³/mol. The van der Waals surface area contributed by atoms with Crippen molar-refractivity contribution in [2.45, 2.75) is 32.9 Å². The Bertz CT molecular complexity index is 581. The van der Waals surface area contributed by atoms with E-state index in [1.54, 1.807) is 11.3 Å². The second-order valence-electron chi connectivity index (χ2n) is 5.51. The molecule has 118 valence electrons. The standard InChI is InChI=1S/C18H24N2OS/c1-3-20(2)14-16-7-4-6-15(12-16)13-19-18(21)10-9-17-8-5-11-22-17/h4-8,11-12H,3,9-10,13-14H2,1-2H3,(H,19,21). The smallest absolute Gasteiger partial charge is 0.220 e. The van der Waals surface area contributed by atoms with Gasteiger partial charge in [-0.3, -0.25) is 4.79 Å². The molecule has 1 aromatic carbocycles. The van der Waals surface area contributed by atoms with Crippen molar-refractivity contribution in [1.29, 1.82) is 0 Å². The second kappa shape index (κ2) is 8.71. The summed E-state index contributed by atoms with van der Waals surface area (Å²) in [5.74, 6) is 0.115. The van der Waals surface area contributed by atoms with Crippen LogP contribution in [0, 0.1) is 0 Å². The van der Waals surface area contributed by atoms with Gasteiger partial charge in [-0.1, -0.05) is 37.3 Å². The van der Waals surface area contributed by atoms with E-state index >= 15 is 0 Å². The molecule has 0 saturated carbocycles. The molecule has 2 rings (SSSR count). The van der Waals surface area contributed by atoms with Gasteiger partial charge in [0.25, 0.3) is 0 Å². The first kappa shape index (κ1) is 16.7. The zero-order valence-corrected chi connectivity index (χ0v) is 14.2. The van der Waals surface area contributed by atoms with Crippen LogP contribution in [0.5, 0.6) is 0 Å². The average molecular weight is 316 g/mol. The third-order valence-electron chi connectivity index (χ3n) is 3.65. The van der Waals surface area contributed by atoms with Gasteiger partial charge in [0.1, 0.15) is 0 Å². The Labute approximate surface area is 137 Å². The van der Waals surface area contributed by atoms with Crippen molar-refractivity contribution in [3.63, 3.8) is 0 Å². The van der Waals surface area contributed by atoms with Crippen molar-refractivity contribution < 1.29 is 4.79 Å². The van der Waals surface area contributed by atoms with Gasteiger partial charge in [-0.2, -0.15) is 0 Å². The lowest BCUT2D eigenvalue weighted by Crippen LogP contribution is -2.23. The van der Waals surface area contributed by atoms with Crippen molar-refractivity contribution in [3.8, 4) is 0 Å². The number of carbonyl (C=O) groups excluding carboxylic acids is 1. The first-order valence-corrected chi connectivity index (χ1v) is 8.60. The minimum atomic E-state index is 0.115. The molecular formula is C18H24N2OS. The van der Waals surface area contributed by atoms with Crippen LogP contribution in [-0.4, -0.2) is 24.4 Å². The number of amides is 1. The fraction of sp³-hybridized carbons (Fsp3) is 0.389. The summed E-state index contributed by atoms with van der Waals surface area (Å²) < 4.78 is 0. The van der Waals surface area contributed by atoms with Crippen molar-refractivity contribution in [2.75, 3.05) is 13.6 Å². The third-order valence-corrected chi connectivity index (χ3v) is 4.59. The van der Waals surface area contributed by atoms with Gasteiger partial charge in [-0.05, 0) is 42.6 Å². The first-order valence-electron chi connectivity index (χ1n) is 7.73. The van der Waals surface area contributed by atoms with E-state index in [-0.39, 0.29) is 5.91 Å². The molecule has 0 aliphatic rings. The van der Waals surface area contributed by atoms with E-state index in [1.165, 1.54) is 10.4 Å². The maximum absolute atomic E-state index is 11.9. The summed E-state index contributed by atoms with van der Waals surface area (Å²) in [6.45, 7) is 4.73. The summed E-state index contributed by atoms with van der Waals surface area (Å²) in [6, 6.07) is 12.5. The van der Waals surface area contributed by atoms with Gasteiger partial charge < -0.3 is 10.2 Å². The molecule has 0 spiro atoms. The zero-order valence-electron chi connectivity index (χ0n) is 13.3. The molecule has 1 aromatic heterocycles. The lowest BCUT2D eigenvalue weighted by molar-refractivity contribution is -0.121. The van der Waals surface area contributed by atoms with Crippen LogP contribution in [0.4, 0.5) is 0 Å². The van der Waals surface area contributed by atoms with Gasteiger partial charge in [0.2, 0.25) is 5.91 Å². The van der Waals surface area contributed by atoms with Crippen LogP contribution in [0.2, 0.25) is 0 Å². The summed E-state index contributed by atoms with van der Waals surface area (Å²) in [6.07, 6.45) is 1.38.